The van der Waals surface area contributed by atoms with E-state index in [1.54, 1.807) is 19.5 Å². The van der Waals surface area contributed by atoms with Crippen LogP contribution in [-0.4, -0.2) is 22.2 Å². The van der Waals surface area contributed by atoms with Crippen molar-refractivity contribution in [3.05, 3.63) is 24.0 Å². The molecule has 0 saturated heterocycles. The van der Waals surface area contributed by atoms with Crippen LogP contribution in [0.5, 0.6) is 5.75 Å². The van der Waals surface area contributed by atoms with Gasteiger partial charge in [0.1, 0.15) is 11.3 Å². The van der Waals surface area contributed by atoms with E-state index < -0.39 is 0 Å². The molecule has 4 nitrogen and oxygen atoms in total. The van der Waals surface area contributed by atoms with E-state index in [0.717, 1.165) is 16.6 Å². The van der Waals surface area contributed by atoms with E-state index in [9.17, 15) is 0 Å². The van der Waals surface area contributed by atoms with Gasteiger partial charge in [0.25, 0.3) is 0 Å². The SMILES string of the molecule is COc1cc(CO)cc2[nH]cnc12. The van der Waals surface area contributed by atoms with Crippen LogP contribution >= 0.6 is 0 Å². The first-order chi connectivity index (χ1) is 6.35. The first kappa shape index (κ1) is 8.07. The van der Waals surface area contributed by atoms with Crippen molar-refractivity contribution in [2.75, 3.05) is 7.11 Å². The Labute approximate surface area is 75.2 Å². The zero-order valence-corrected chi connectivity index (χ0v) is 7.24. The number of hydrogen-bond donors (Lipinski definition) is 2. The minimum Gasteiger partial charge on any atom is -0.494 e. The number of aromatic amines is 1. The van der Waals surface area contributed by atoms with Gasteiger partial charge < -0.3 is 14.8 Å². The summed E-state index contributed by atoms with van der Waals surface area (Å²) < 4.78 is 5.13. The van der Waals surface area contributed by atoms with Crippen molar-refractivity contribution in [3.8, 4) is 5.75 Å². The van der Waals surface area contributed by atoms with E-state index in [-0.39, 0.29) is 6.61 Å². The Morgan fingerprint density at radius 3 is 3.08 bits per heavy atom. The van der Waals surface area contributed by atoms with Gasteiger partial charge in [-0.15, -0.1) is 0 Å². The monoisotopic (exact) mass is 178 g/mol. The van der Waals surface area contributed by atoms with Crippen molar-refractivity contribution >= 4 is 11.0 Å². The lowest BCUT2D eigenvalue weighted by molar-refractivity contribution is 0.281. The van der Waals surface area contributed by atoms with Crippen molar-refractivity contribution < 1.29 is 9.84 Å². The van der Waals surface area contributed by atoms with Gasteiger partial charge in [0.05, 0.1) is 25.6 Å². The minimum absolute atomic E-state index is 0.00528. The topological polar surface area (TPSA) is 58.1 Å². The molecule has 2 N–H and O–H groups in total. The molecule has 13 heavy (non-hydrogen) atoms. The standard InChI is InChI=1S/C9H10N2O2/c1-13-8-3-6(4-12)2-7-9(8)11-5-10-7/h2-3,5,12H,4H2,1H3,(H,10,11). The molecule has 0 bridgehead atoms. The summed E-state index contributed by atoms with van der Waals surface area (Å²) in [7, 11) is 1.59. The number of benzene rings is 1. The lowest BCUT2D eigenvalue weighted by Gasteiger charge is -2.02. The van der Waals surface area contributed by atoms with E-state index >= 15 is 0 Å². The zero-order valence-electron chi connectivity index (χ0n) is 7.24. The summed E-state index contributed by atoms with van der Waals surface area (Å²) in [5.41, 5.74) is 2.48. The average Bonchev–Trinajstić information content (AvgIpc) is 2.63. The summed E-state index contributed by atoms with van der Waals surface area (Å²) >= 11 is 0. The van der Waals surface area contributed by atoms with E-state index in [1.807, 2.05) is 6.07 Å². The summed E-state index contributed by atoms with van der Waals surface area (Å²) in [4.78, 5) is 7.07. The Kier molecular flexibility index (Phi) is 1.90. The molecule has 0 aliphatic heterocycles. The third-order valence-corrected chi connectivity index (χ3v) is 1.95. The number of nitrogens with one attached hydrogen (secondary N) is 1. The van der Waals surface area contributed by atoms with Crippen LogP contribution in [-0.2, 0) is 6.61 Å². The zero-order chi connectivity index (χ0) is 9.26. The van der Waals surface area contributed by atoms with E-state index in [4.69, 9.17) is 9.84 Å². The van der Waals surface area contributed by atoms with Crippen molar-refractivity contribution in [1.29, 1.82) is 0 Å². The Hall–Kier alpha value is -1.55. The molecule has 4 heteroatoms. The smallest absolute Gasteiger partial charge is 0.147 e. The normalized spacial score (nSPS) is 10.6. The van der Waals surface area contributed by atoms with E-state index in [0.29, 0.717) is 5.75 Å². The molecule has 0 amide bonds. The second-order valence-electron chi connectivity index (χ2n) is 2.75. The first-order valence-electron chi connectivity index (χ1n) is 3.96. The summed E-state index contributed by atoms with van der Waals surface area (Å²) in [5.74, 6) is 0.683. The number of methoxy groups -OCH3 is 1. The molecule has 0 atom stereocenters. The summed E-state index contributed by atoms with van der Waals surface area (Å²) in [6.45, 7) is 0.00528. The van der Waals surface area contributed by atoms with Gasteiger partial charge in [-0.05, 0) is 17.7 Å². The second-order valence-corrected chi connectivity index (χ2v) is 2.75. The maximum atomic E-state index is 8.96. The van der Waals surface area contributed by atoms with Crippen LogP contribution in [0.4, 0.5) is 0 Å². The van der Waals surface area contributed by atoms with Crippen LogP contribution in [0.25, 0.3) is 11.0 Å². The van der Waals surface area contributed by atoms with Crippen molar-refractivity contribution in [1.82, 2.24) is 9.97 Å². The average molecular weight is 178 g/mol. The maximum absolute atomic E-state index is 8.96. The third kappa shape index (κ3) is 1.25. The molecule has 0 saturated carbocycles. The van der Waals surface area contributed by atoms with Crippen molar-refractivity contribution in [2.45, 2.75) is 6.61 Å². The number of fused-ring (bicyclic) bond motifs is 1. The van der Waals surface area contributed by atoms with Gasteiger partial charge in [0, 0.05) is 0 Å². The number of imidazole rings is 1. The molecule has 68 valence electrons. The first-order valence-corrected chi connectivity index (χ1v) is 3.96. The van der Waals surface area contributed by atoms with E-state index in [1.165, 1.54) is 0 Å². The summed E-state index contributed by atoms with van der Waals surface area (Å²) in [6, 6.07) is 3.63. The second kappa shape index (κ2) is 3.06. The highest BCUT2D eigenvalue weighted by Crippen LogP contribution is 2.24. The Bertz CT molecular complexity index is 422. The predicted octanol–water partition coefficient (Wildman–Crippen LogP) is 1.06. The van der Waals surface area contributed by atoms with Crippen LogP contribution in [0.15, 0.2) is 18.5 Å². The molecular weight excluding hydrogens is 168 g/mol. The number of H-pyrrole nitrogens is 1. The van der Waals surface area contributed by atoms with Gasteiger partial charge in [-0.25, -0.2) is 4.98 Å². The Morgan fingerprint density at radius 2 is 2.38 bits per heavy atom. The quantitative estimate of drug-likeness (QED) is 0.723. The molecule has 1 aromatic carbocycles. The molecule has 0 spiro atoms. The van der Waals surface area contributed by atoms with Crippen LogP contribution < -0.4 is 4.74 Å². The van der Waals surface area contributed by atoms with Gasteiger partial charge in [0.2, 0.25) is 0 Å². The minimum atomic E-state index is 0.00528. The molecule has 1 aromatic heterocycles. The number of aliphatic hydroxyl groups excluding tert-OH is 1. The molecule has 0 aliphatic rings. The summed E-state index contributed by atoms with van der Waals surface area (Å²) in [5, 5.41) is 8.96. The molecule has 0 aliphatic carbocycles. The highest BCUT2D eigenvalue weighted by Gasteiger charge is 2.05. The largest absolute Gasteiger partial charge is 0.494 e. The number of rotatable bonds is 2. The van der Waals surface area contributed by atoms with E-state index in [2.05, 4.69) is 9.97 Å². The Morgan fingerprint density at radius 1 is 1.54 bits per heavy atom. The lowest BCUT2D eigenvalue weighted by Crippen LogP contribution is -1.89. The van der Waals surface area contributed by atoms with Crippen molar-refractivity contribution in [2.24, 2.45) is 0 Å². The number of hydrogen-bond acceptors (Lipinski definition) is 3. The number of aliphatic hydroxyl groups is 1. The highest BCUT2D eigenvalue weighted by atomic mass is 16.5. The molecule has 1 heterocycles. The van der Waals surface area contributed by atoms with Crippen LogP contribution in [0.2, 0.25) is 0 Å². The number of ether oxygens (including phenoxy) is 1. The van der Waals surface area contributed by atoms with Crippen LogP contribution in [0.3, 0.4) is 0 Å². The molecule has 0 radical (unpaired) electrons. The van der Waals surface area contributed by atoms with Gasteiger partial charge in [-0.3, -0.25) is 0 Å². The molecular formula is C9H10N2O2. The third-order valence-electron chi connectivity index (χ3n) is 1.95. The fourth-order valence-electron chi connectivity index (χ4n) is 1.32. The molecule has 0 unspecified atom stereocenters. The van der Waals surface area contributed by atoms with Crippen molar-refractivity contribution in [3.63, 3.8) is 0 Å². The predicted molar refractivity (Wildman–Crippen MR) is 48.6 cm³/mol. The molecule has 0 fully saturated rings. The lowest BCUT2D eigenvalue weighted by atomic mass is 10.2. The van der Waals surface area contributed by atoms with Crippen LogP contribution in [0.1, 0.15) is 5.56 Å². The number of nitrogens with zero attached hydrogens (tertiary/aromatic N) is 1. The summed E-state index contributed by atoms with van der Waals surface area (Å²) in [6.07, 6.45) is 1.61. The Balaban J connectivity index is 2.70. The fourth-order valence-corrected chi connectivity index (χ4v) is 1.32. The number of aromatic nitrogens is 2. The molecule has 2 rings (SSSR count). The maximum Gasteiger partial charge on any atom is 0.147 e. The highest BCUT2D eigenvalue weighted by molar-refractivity contribution is 5.82. The van der Waals surface area contributed by atoms with Gasteiger partial charge in [-0.2, -0.15) is 0 Å². The fraction of sp³-hybridized carbons (Fsp3) is 0.222. The van der Waals surface area contributed by atoms with Gasteiger partial charge in [0.15, 0.2) is 0 Å². The van der Waals surface area contributed by atoms with Gasteiger partial charge in [-0.1, -0.05) is 0 Å². The van der Waals surface area contributed by atoms with Gasteiger partial charge >= 0.3 is 0 Å². The van der Waals surface area contributed by atoms with Crippen LogP contribution in [0, 0.1) is 0 Å². The molecule has 2 aromatic rings.